The number of amides is 1. The summed E-state index contributed by atoms with van der Waals surface area (Å²) in [5, 5.41) is 26.3. The Labute approximate surface area is 232 Å². The molecular formula is C28H23ClFN7O3. The van der Waals surface area contributed by atoms with E-state index in [-0.39, 0.29) is 17.4 Å². The molecular weight excluding hydrogens is 537 g/mol. The molecule has 0 spiro atoms. The normalized spacial score (nSPS) is 11.7. The Morgan fingerprint density at radius 3 is 2.42 bits per heavy atom. The maximum absolute atomic E-state index is 13.5. The fourth-order valence-electron chi connectivity index (χ4n) is 4.36. The highest BCUT2D eigenvalue weighted by molar-refractivity contribution is 6.31. The molecule has 0 bridgehead atoms. The lowest BCUT2D eigenvalue weighted by Gasteiger charge is -2.22. The summed E-state index contributed by atoms with van der Waals surface area (Å²) in [4.78, 5) is 24.3. The van der Waals surface area contributed by atoms with E-state index in [0.717, 1.165) is 11.3 Å². The minimum atomic E-state index is -1.15. The summed E-state index contributed by atoms with van der Waals surface area (Å²) in [5.41, 5.74) is 3.80. The summed E-state index contributed by atoms with van der Waals surface area (Å²) in [6.07, 6.45) is 2.49. The SMILES string of the molecule is O=C(O)Nc1ccc(NCC(Cc2ccc(F)cc2)n2ccc(-c3cc(Cl)ccc3-n3cnnn3)cc2=O)cc1. The van der Waals surface area contributed by atoms with E-state index in [1.165, 1.54) is 29.2 Å². The van der Waals surface area contributed by atoms with E-state index >= 15 is 0 Å². The molecule has 2 heterocycles. The van der Waals surface area contributed by atoms with Gasteiger partial charge in [0.15, 0.2) is 0 Å². The maximum Gasteiger partial charge on any atom is 0.409 e. The zero-order valence-corrected chi connectivity index (χ0v) is 21.7. The van der Waals surface area contributed by atoms with Gasteiger partial charge >= 0.3 is 6.09 Å². The van der Waals surface area contributed by atoms with Crippen LogP contribution in [-0.2, 0) is 6.42 Å². The topological polar surface area (TPSA) is 127 Å². The van der Waals surface area contributed by atoms with Gasteiger partial charge in [0.05, 0.1) is 11.7 Å². The highest BCUT2D eigenvalue weighted by Gasteiger charge is 2.16. The van der Waals surface area contributed by atoms with Crippen molar-refractivity contribution in [2.24, 2.45) is 0 Å². The van der Waals surface area contributed by atoms with Gasteiger partial charge in [-0.15, -0.1) is 5.10 Å². The van der Waals surface area contributed by atoms with E-state index in [2.05, 4.69) is 26.2 Å². The number of benzene rings is 3. The average Bonchev–Trinajstić information content (AvgIpc) is 3.48. The van der Waals surface area contributed by atoms with Gasteiger partial charge in [-0.2, -0.15) is 4.68 Å². The van der Waals surface area contributed by atoms with Crippen molar-refractivity contribution >= 4 is 29.1 Å². The van der Waals surface area contributed by atoms with Crippen LogP contribution >= 0.6 is 11.6 Å². The van der Waals surface area contributed by atoms with Gasteiger partial charge in [0.25, 0.3) is 5.56 Å². The number of carboxylic acid groups (broad SMARTS) is 1. The number of nitrogens with one attached hydrogen (secondary N) is 2. The summed E-state index contributed by atoms with van der Waals surface area (Å²) in [6, 6.07) is 21.2. The zero-order valence-electron chi connectivity index (χ0n) is 20.9. The Balaban J connectivity index is 1.44. The van der Waals surface area contributed by atoms with Crippen LogP contribution in [0.15, 0.2) is 96.2 Å². The molecule has 0 fully saturated rings. The standard InChI is InChI=1S/C28H23ClFN7O3/c29-20-3-10-26(37-17-32-34-35-37)25(15-20)19-11-12-36(27(38)14-19)24(13-18-1-4-21(30)5-2-18)16-31-22-6-8-23(9-7-22)33-28(39)40/h1-12,14-15,17,24,31,33H,13,16H2,(H,39,40). The monoisotopic (exact) mass is 559 g/mol. The fourth-order valence-corrected chi connectivity index (χ4v) is 4.53. The molecule has 5 aromatic rings. The molecule has 0 saturated carbocycles. The van der Waals surface area contributed by atoms with Crippen molar-refractivity contribution in [3.63, 3.8) is 0 Å². The number of rotatable bonds is 9. The second-order valence-corrected chi connectivity index (χ2v) is 9.39. The number of hydrogen-bond acceptors (Lipinski definition) is 6. The molecule has 3 N–H and O–H groups in total. The first-order valence-corrected chi connectivity index (χ1v) is 12.6. The number of anilines is 2. The molecule has 40 heavy (non-hydrogen) atoms. The highest BCUT2D eigenvalue weighted by Crippen LogP contribution is 2.29. The van der Waals surface area contributed by atoms with E-state index in [1.54, 1.807) is 65.4 Å². The molecule has 0 radical (unpaired) electrons. The largest absolute Gasteiger partial charge is 0.465 e. The summed E-state index contributed by atoms with van der Waals surface area (Å²) in [6.45, 7) is 0.370. The van der Waals surface area contributed by atoms with Gasteiger partial charge in [-0.3, -0.25) is 10.1 Å². The lowest BCUT2D eigenvalue weighted by atomic mass is 10.0. The predicted octanol–water partition coefficient (Wildman–Crippen LogP) is 5.27. The lowest BCUT2D eigenvalue weighted by molar-refractivity contribution is 0.209. The van der Waals surface area contributed by atoms with E-state index in [9.17, 15) is 14.0 Å². The van der Waals surface area contributed by atoms with Gasteiger partial charge < -0.3 is 15.0 Å². The van der Waals surface area contributed by atoms with Crippen molar-refractivity contribution in [2.45, 2.75) is 12.5 Å². The quantitative estimate of drug-likeness (QED) is 0.224. The summed E-state index contributed by atoms with van der Waals surface area (Å²) < 4.78 is 16.7. The Kier molecular flexibility index (Phi) is 7.83. The van der Waals surface area contributed by atoms with Crippen LogP contribution in [-0.4, -0.2) is 42.5 Å². The molecule has 10 nitrogen and oxygen atoms in total. The fraction of sp³-hybridized carbons (Fsp3) is 0.107. The third-order valence-corrected chi connectivity index (χ3v) is 6.50. The van der Waals surface area contributed by atoms with Crippen LogP contribution in [0, 0.1) is 5.82 Å². The van der Waals surface area contributed by atoms with Crippen molar-refractivity contribution in [1.29, 1.82) is 0 Å². The highest BCUT2D eigenvalue weighted by atomic mass is 35.5. The molecule has 1 unspecified atom stereocenters. The Bertz CT molecular complexity index is 1670. The molecule has 0 aliphatic rings. The van der Waals surface area contributed by atoms with Crippen LogP contribution in [0.25, 0.3) is 16.8 Å². The molecule has 3 aromatic carbocycles. The molecule has 0 aliphatic carbocycles. The van der Waals surface area contributed by atoms with Crippen LogP contribution in [0.3, 0.4) is 0 Å². The Morgan fingerprint density at radius 2 is 1.75 bits per heavy atom. The molecule has 2 aromatic heterocycles. The van der Waals surface area contributed by atoms with Crippen molar-refractivity contribution in [2.75, 3.05) is 17.2 Å². The second kappa shape index (κ2) is 11.8. The lowest BCUT2D eigenvalue weighted by Crippen LogP contribution is -2.30. The van der Waals surface area contributed by atoms with E-state index in [1.807, 2.05) is 6.07 Å². The van der Waals surface area contributed by atoms with Crippen molar-refractivity contribution in [1.82, 2.24) is 24.8 Å². The molecule has 202 valence electrons. The van der Waals surface area contributed by atoms with E-state index in [0.29, 0.717) is 40.5 Å². The average molecular weight is 560 g/mol. The maximum atomic E-state index is 13.5. The molecule has 12 heteroatoms. The number of tetrazole rings is 1. The van der Waals surface area contributed by atoms with Gasteiger partial charge in [0.1, 0.15) is 12.1 Å². The van der Waals surface area contributed by atoms with E-state index in [4.69, 9.17) is 16.7 Å². The Morgan fingerprint density at radius 1 is 1.00 bits per heavy atom. The zero-order chi connectivity index (χ0) is 28.1. The minimum absolute atomic E-state index is 0.241. The second-order valence-electron chi connectivity index (χ2n) is 8.95. The van der Waals surface area contributed by atoms with Gasteiger partial charge in [0.2, 0.25) is 0 Å². The number of nitrogens with zero attached hydrogens (tertiary/aromatic N) is 5. The number of hydrogen-bond donors (Lipinski definition) is 3. The van der Waals surface area contributed by atoms with Crippen molar-refractivity contribution in [3.05, 3.63) is 118 Å². The summed E-state index contributed by atoms with van der Waals surface area (Å²) in [7, 11) is 0. The minimum Gasteiger partial charge on any atom is -0.465 e. The van der Waals surface area contributed by atoms with Gasteiger partial charge in [0, 0.05) is 40.8 Å². The number of carbonyl (C=O) groups is 1. The smallest absolute Gasteiger partial charge is 0.409 e. The molecule has 1 atom stereocenters. The number of pyridine rings is 1. The first-order valence-electron chi connectivity index (χ1n) is 12.2. The van der Waals surface area contributed by atoms with Crippen LogP contribution in [0.2, 0.25) is 5.02 Å². The molecule has 0 aliphatic heterocycles. The van der Waals surface area contributed by atoms with Crippen molar-refractivity contribution < 1.29 is 14.3 Å². The third-order valence-electron chi connectivity index (χ3n) is 6.27. The third kappa shape index (κ3) is 6.33. The number of halogens is 2. The van der Waals surface area contributed by atoms with Gasteiger partial charge in [-0.05, 0) is 88.6 Å². The van der Waals surface area contributed by atoms with E-state index < -0.39 is 6.09 Å². The van der Waals surface area contributed by atoms with Crippen LogP contribution < -0.4 is 16.2 Å². The van der Waals surface area contributed by atoms with Gasteiger partial charge in [-0.1, -0.05) is 23.7 Å². The molecule has 0 saturated heterocycles. The Hall–Kier alpha value is -5.03. The number of aromatic nitrogens is 5. The molecule has 5 rings (SSSR count). The first kappa shape index (κ1) is 26.6. The van der Waals surface area contributed by atoms with Crippen LogP contribution in [0.1, 0.15) is 11.6 Å². The molecule has 1 amide bonds. The van der Waals surface area contributed by atoms with Gasteiger partial charge in [-0.25, -0.2) is 9.18 Å². The summed E-state index contributed by atoms with van der Waals surface area (Å²) in [5.74, 6) is -0.338. The van der Waals surface area contributed by atoms with Crippen molar-refractivity contribution in [3.8, 4) is 16.8 Å². The van der Waals surface area contributed by atoms with Crippen LogP contribution in [0.5, 0.6) is 0 Å². The summed E-state index contributed by atoms with van der Waals surface area (Å²) >= 11 is 6.27. The van der Waals surface area contributed by atoms with Crippen LogP contribution in [0.4, 0.5) is 20.6 Å². The predicted molar refractivity (Wildman–Crippen MR) is 150 cm³/mol. The first-order chi connectivity index (χ1) is 19.4.